The number of rotatable bonds is 7. The molecule has 0 unspecified atom stereocenters. The Morgan fingerprint density at radius 1 is 1.09 bits per heavy atom. The van der Waals surface area contributed by atoms with E-state index >= 15 is 0 Å². The maximum atomic E-state index is 5.55. The molecule has 0 radical (unpaired) electrons. The van der Waals surface area contributed by atoms with Crippen LogP contribution in [-0.2, 0) is 5.75 Å². The number of benzene rings is 1. The van der Waals surface area contributed by atoms with Crippen LogP contribution in [0, 0.1) is 34.6 Å². The molecule has 0 aliphatic rings. The number of aromatic amines is 1. The lowest BCUT2D eigenvalue weighted by atomic mass is 10.1. The molecule has 2 aromatic heterocycles. The van der Waals surface area contributed by atoms with Crippen molar-refractivity contribution >= 4 is 46.7 Å². The van der Waals surface area contributed by atoms with Gasteiger partial charge in [0.15, 0.2) is 5.11 Å². The van der Waals surface area contributed by atoms with E-state index < -0.39 is 0 Å². The van der Waals surface area contributed by atoms with E-state index in [1.54, 1.807) is 18.1 Å². The lowest BCUT2D eigenvalue weighted by Gasteiger charge is -2.16. The van der Waals surface area contributed by atoms with Crippen LogP contribution in [0.1, 0.15) is 33.9 Å². The highest BCUT2D eigenvalue weighted by Crippen LogP contribution is 2.18. The third-order valence-electron chi connectivity index (χ3n) is 4.98. The first kappa shape index (κ1) is 24.7. The molecule has 3 aromatic rings. The molecule has 33 heavy (non-hydrogen) atoms. The van der Waals surface area contributed by atoms with Crippen LogP contribution in [0.2, 0.25) is 0 Å². The van der Waals surface area contributed by atoms with Gasteiger partial charge in [0.25, 0.3) is 0 Å². The number of guanidine groups is 1. The highest BCUT2D eigenvalue weighted by molar-refractivity contribution is 7.98. The zero-order chi connectivity index (χ0) is 23.8. The molecular weight excluding hydrogens is 452 g/mol. The molecule has 8 nitrogen and oxygen atoms in total. The molecule has 0 amide bonds. The minimum atomic E-state index is 0.444. The first-order valence-electron chi connectivity index (χ1n) is 10.7. The Kier molecular flexibility index (Phi) is 8.79. The Morgan fingerprint density at radius 3 is 2.55 bits per heavy atom. The highest BCUT2D eigenvalue weighted by Gasteiger charge is 2.09. The number of aryl methyl sites for hydroxylation is 4. The second-order valence-electron chi connectivity index (χ2n) is 7.68. The van der Waals surface area contributed by atoms with E-state index in [1.165, 1.54) is 5.56 Å². The average Bonchev–Trinajstić information content (AvgIpc) is 3.15. The number of H-pyrrole nitrogens is 1. The summed E-state index contributed by atoms with van der Waals surface area (Å²) in [4.78, 5) is 21.0. The van der Waals surface area contributed by atoms with Gasteiger partial charge >= 0.3 is 0 Å². The second-order valence-corrected chi connectivity index (χ2v) is 9.20. The maximum Gasteiger partial charge on any atom is 0.229 e. The Balaban J connectivity index is 1.65. The molecule has 1 aromatic carbocycles. The summed E-state index contributed by atoms with van der Waals surface area (Å²) >= 11 is 7.33. The summed E-state index contributed by atoms with van der Waals surface area (Å²) in [6, 6.07) is 8.00. The number of thioether (sulfide) groups is 1. The van der Waals surface area contributed by atoms with Gasteiger partial charge < -0.3 is 15.6 Å². The van der Waals surface area contributed by atoms with Crippen LogP contribution in [0.3, 0.4) is 0 Å². The summed E-state index contributed by atoms with van der Waals surface area (Å²) in [6.07, 6.45) is 1.73. The van der Waals surface area contributed by atoms with Crippen molar-refractivity contribution in [2.45, 2.75) is 40.4 Å². The number of imidazole rings is 1. The molecule has 0 bridgehead atoms. The summed E-state index contributed by atoms with van der Waals surface area (Å²) in [7, 11) is 0. The van der Waals surface area contributed by atoms with Crippen LogP contribution in [0.5, 0.6) is 0 Å². The normalized spacial score (nSPS) is 11.4. The number of aromatic nitrogens is 4. The van der Waals surface area contributed by atoms with E-state index in [9.17, 15) is 0 Å². The van der Waals surface area contributed by atoms with E-state index in [4.69, 9.17) is 12.2 Å². The van der Waals surface area contributed by atoms with Crippen LogP contribution in [-0.4, -0.2) is 43.3 Å². The van der Waals surface area contributed by atoms with Crippen LogP contribution >= 0.6 is 24.0 Å². The van der Waals surface area contributed by atoms with Crippen molar-refractivity contribution in [3.8, 4) is 0 Å². The van der Waals surface area contributed by atoms with Crippen molar-refractivity contribution in [2.24, 2.45) is 4.99 Å². The SMILES string of the molecule is Cc1cc(C)nc(NC(=NCCSCc2nc[nH]c2C)NC(=S)Nc2cccc(C)c2C)n1. The molecule has 0 aliphatic heterocycles. The van der Waals surface area contributed by atoms with Gasteiger partial charge in [-0.2, -0.15) is 11.8 Å². The number of nitrogens with one attached hydrogen (secondary N) is 4. The lowest BCUT2D eigenvalue weighted by Crippen LogP contribution is -2.39. The summed E-state index contributed by atoms with van der Waals surface area (Å²) in [5.41, 5.74) is 7.24. The zero-order valence-electron chi connectivity index (χ0n) is 19.6. The van der Waals surface area contributed by atoms with Gasteiger partial charge in [-0.1, -0.05) is 12.1 Å². The van der Waals surface area contributed by atoms with Crippen LogP contribution in [0.25, 0.3) is 0 Å². The van der Waals surface area contributed by atoms with Gasteiger partial charge in [0.1, 0.15) is 0 Å². The topological polar surface area (TPSA) is 103 Å². The zero-order valence-corrected chi connectivity index (χ0v) is 21.2. The van der Waals surface area contributed by atoms with Gasteiger partial charge in [0, 0.05) is 34.3 Å². The number of thiocarbonyl (C=S) groups is 1. The molecule has 10 heteroatoms. The molecular formula is C23H30N8S2. The molecule has 0 saturated carbocycles. The van der Waals surface area contributed by atoms with Crippen molar-refractivity contribution in [2.75, 3.05) is 22.9 Å². The number of nitrogens with zero attached hydrogens (tertiary/aromatic N) is 4. The summed E-state index contributed by atoms with van der Waals surface area (Å²) in [5, 5.41) is 10.0. The maximum absolute atomic E-state index is 5.55. The van der Waals surface area contributed by atoms with E-state index in [2.05, 4.69) is 60.8 Å². The molecule has 0 spiro atoms. The molecule has 0 aliphatic carbocycles. The Hall–Kier alpha value is -2.98. The Labute approximate surface area is 204 Å². The molecule has 3 rings (SSSR count). The summed E-state index contributed by atoms with van der Waals surface area (Å²) in [5.74, 6) is 2.66. The highest BCUT2D eigenvalue weighted by atomic mass is 32.2. The van der Waals surface area contributed by atoms with Gasteiger partial charge in [-0.15, -0.1) is 0 Å². The third kappa shape index (κ3) is 7.54. The molecule has 0 atom stereocenters. The number of hydrogen-bond donors (Lipinski definition) is 4. The Bertz CT molecular complexity index is 1120. The molecule has 174 valence electrons. The molecule has 4 N–H and O–H groups in total. The van der Waals surface area contributed by atoms with Crippen molar-refractivity contribution in [1.29, 1.82) is 0 Å². The van der Waals surface area contributed by atoms with Gasteiger partial charge in [-0.05, 0) is 70.1 Å². The van der Waals surface area contributed by atoms with E-state index in [-0.39, 0.29) is 0 Å². The van der Waals surface area contributed by atoms with Gasteiger partial charge in [0.2, 0.25) is 11.9 Å². The second kappa shape index (κ2) is 11.8. The minimum Gasteiger partial charge on any atom is -0.348 e. The van der Waals surface area contributed by atoms with E-state index in [1.807, 2.05) is 39.0 Å². The van der Waals surface area contributed by atoms with Crippen molar-refractivity contribution < 1.29 is 0 Å². The van der Waals surface area contributed by atoms with E-state index in [0.717, 1.165) is 45.5 Å². The van der Waals surface area contributed by atoms with Crippen molar-refractivity contribution in [3.05, 3.63) is 64.5 Å². The van der Waals surface area contributed by atoms with Gasteiger partial charge in [-0.25, -0.2) is 15.0 Å². The summed E-state index contributed by atoms with van der Waals surface area (Å²) in [6.45, 7) is 10.6. The molecule has 0 fully saturated rings. The fraction of sp³-hybridized carbons (Fsp3) is 0.348. The van der Waals surface area contributed by atoms with E-state index in [0.29, 0.717) is 23.6 Å². The van der Waals surface area contributed by atoms with Crippen molar-refractivity contribution in [3.63, 3.8) is 0 Å². The first-order valence-corrected chi connectivity index (χ1v) is 12.2. The lowest BCUT2D eigenvalue weighted by molar-refractivity contribution is 1.05. The predicted octanol–water partition coefficient (Wildman–Crippen LogP) is 4.43. The minimum absolute atomic E-state index is 0.444. The van der Waals surface area contributed by atoms with Crippen molar-refractivity contribution in [1.82, 2.24) is 25.3 Å². The van der Waals surface area contributed by atoms with Crippen LogP contribution < -0.4 is 16.0 Å². The van der Waals surface area contributed by atoms with Gasteiger partial charge in [-0.3, -0.25) is 10.3 Å². The first-order chi connectivity index (χ1) is 15.8. The fourth-order valence-electron chi connectivity index (χ4n) is 3.07. The standard InChI is InChI=1S/C23H30N8S2/c1-14-7-6-8-19(17(14)4)29-23(32)31-21(30-22-27-15(2)11-16(3)28-22)24-9-10-33-12-20-18(5)25-13-26-20/h6-8,11,13H,9-10,12H2,1-5H3,(H,25,26)(H3,24,27,28,29,30,31,32). The molecule has 2 heterocycles. The fourth-order valence-corrected chi connectivity index (χ4v) is 4.12. The van der Waals surface area contributed by atoms with Crippen LogP contribution in [0.15, 0.2) is 35.6 Å². The Morgan fingerprint density at radius 2 is 1.85 bits per heavy atom. The largest absolute Gasteiger partial charge is 0.348 e. The average molecular weight is 483 g/mol. The van der Waals surface area contributed by atoms with Crippen LogP contribution in [0.4, 0.5) is 11.6 Å². The summed E-state index contributed by atoms with van der Waals surface area (Å²) < 4.78 is 0. The van der Waals surface area contributed by atoms with Gasteiger partial charge in [0.05, 0.1) is 18.6 Å². The third-order valence-corrected chi connectivity index (χ3v) is 6.13. The number of anilines is 2. The monoisotopic (exact) mass is 482 g/mol. The number of hydrogen-bond acceptors (Lipinski definition) is 6. The smallest absolute Gasteiger partial charge is 0.229 e. The molecule has 0 saturated heterocycles. The number of aliphatic imine (C=N–C) groups is 1. The predicted molar refractivity (Wildman–Crippen MR) is 142 cm³/mol. The quantitative estimate of drug-likeness (QED) is 0.170.